The van der Waals surface area contributed by atoms with Gasteiger partial charge in [-0.25, -0.2) is 0 Å². The summed E-state index contributed by atoms with van der Waals surface area (Å²) >= 11 is 0. The number of piperidine rings is 1. The van der Waals surface area contributed by atoms with E-state index in [4.69, 9.17) is 10.5 Å². The Hall–Kier alpha value is -1.59. The number of hydrogen-bond donors (Lipinski definition) is 1. The number of carbonyl (C=O) groups excluding carboxylic acids is 2. The van der Waals surface area contributed by atoms with Gasteiger partial charge < -0.3 is 15.4 Å². The van der Waals surface area contributed by atoms with Crippen LogP contribution in [0, 0.1) is 5.92 Å². The van der Waals surface area contributed by atoms with E-state index in [1.807, 2.05) is 31.2 Å². The second kappa shape index (κ2) is 8.76. The molecule has 0 aliphatic carbocycles. The highest BCUT2D eigenvalue weighted by Gasteiger charge is 2.28. The van der Waals surface area contributed by atoms with Crippen LogP contribution in [0.5, 0.6) is 0 Å². The second-order valence-electron chi connectivity index (χ2n) is 5.22. The highest BCUT2D eigenvalue weighted by molar-refractivity contribution is 5.94. The molecular formula is C16H23ClN2O3. The van der Waals surface area contributed by atoms with Gasteiger partial charge in [-0.15, -0.1) is 12.4 Å². The van der Waals surface area contributed by atoms with Gasteiger partial charge in [0.25, 0.3) is 5.91 Å². The maximum absolute atomic E-state index is 12.4. The molecule has 1 fully saturated rings. The van der Waals surface area contributed by atoms with Crippen LogP contribution in [0.25, 0.3) is 0 Å². The Labute approximate surface area is 137 Å². The molecular weight excluding hydrogens is 304 g/mol. The summed E-state index contributed by atoms with van der Waals surface area (Å²) in [5, 5.41) is 0. The first kappa shape index (κ1) is 18.5. The van der Waals surface area contributed by atoms with Crippen LogP contribution in [0.3, 0.4) is 0 Å². The second-order valence-corrected chi connectivity index (χ2v) is 5.22. The van der Waals surface area contributed by atoms with E-state index in [-0.39, 0.29) is 30.2 Å². The summed E-state index contributed by atoms with van der Waals surface area (Å²) in [7, 11) is 0. The molecule has 0 radical (unpaired) electrons. The van der Waals surface area contributed by atoms with Crippen LogP contribution < -0.4 is 5.73 Å². The van der Waals surface area contributed by atoms with Crippen LogP contribution in [0.2, 0.25) is 0 Å². The maximum Gasteiger partial charge on any atom is 0.309 e. The standard InChI is InChI=1S/C16H22N2O3.ClH/c1-2-21-16(20)14-7-9-18(10-8-14)15(19)13-5-3-12(11-17)4-6-13;/h3-6,14H,2,7-11,17H2,1H3;1H. The molecule has 122 valence electrons. The van der Waals surface area contributed by atoms with Crippen molar-refractivity contribution in [1.29, 1.82) is 0 Å². The van der Waals surface area contributed by atoms with E-state index in [9.17, 15) is 9.59 Å². The lowest BCUT2D eigenvalue weighted by molar-refractivity contribution is -0.149. The van der Waals surface area contributed by atoms with Crippen LogP contribution in [0.15, 0.2) is 24.3 Å². The zero-order valence-corrected chi connectivity index (χ0v) is 13.6. The Kier molecular flexibility index (Phi) is 7.35. The van der Waals surface area contributed by atoms with Crippen molar-refractivity contribution in [3.05, 3.63) is 35.4 Å². The SMILES string of the molecule is CCOC(=O)C1CCN(C(=O)c2ccc(CN)cc2)CC1.Cl. The molecule has 1 heterocycles. The summed E-state index contributed by atoms with van der Waals surface area (Å²) in [6.45, 7) is 3.88. The molecule has 1 aliphatic rings. The van der Waals surface area contributed by atoms with Crippen LogP contribution in [0.4, 0.5) is 0 Å². The van der Waals surface area contributed by atoms with Crippen LogP contribution in [0.1, 0.15) is 35.7 Å². The highest BCUT2D eigenvalue weighted by Crippen LogP contribution is 2.20. The van der Waals surface area contributed by atoms with Crippen LogP contribution in [-0.2, 0) is 16.1 Å². The van der Waals surface area contributed by atoms with Gasteiger partial charge >= 0.3 is 5.97 Å². The zero-order valence-electron chi connectivity index (χ0n) is 12.8. The Bertz CT molecular complexity index is 497. The molecule has 22 heavy (non-hydrogen) atoms. The largest absolute Gasteiger partial charge is 0.466 e. The van der Waals surface area contributed by atoms with Gasteiger partial charge in [-0.2, -0.15) is 0 Å². The Morgan fingerprint density at radius 3 is 2.32 bits per heavy atom. The van der Waals surface area contributed by atoms with E-state index < -0.39 is 0 Å². The molecule has 0 bridgehead atoms. The van der Waals surface area contributed by atoms with Gasteiger partial charge in [-0.1, -0.05) is 12.1 Å². The van der Waals surface area contributed by atoms with Gasteiger partial charge in [0.15, 0.2) is 0 Å². The Balaban J connectivity index is 0.00000242. The first-order valence-corrected chi connectivity index (χ1v) is 7.40. The van der Waals surface area contributed by atoms with Crippen molar-refractivity contribution in [2.45, 2.75) is 26.3 Å². The van der Waals surface area contributed by atoms with Crippen molar-refractivity contribution in [2.75, 3.05) is 19.7 Å². The fraction of sp³-hybridized carbons (Fsp3) is 0.500. The van der Waals surface area contributed by atoms with E-state index in [0.717, 1.165) is 5.56 Å². The molecule has 1 saturated heterocycles. The van der Waals surface area contributed by atoms with Gasteiger partial charge in [0, 0.05) is 25.2 Å². The first-order valence-electron chi connectivity index (χ1n) is 7.40. The summed E-state index contributed by atoms with van der Waals surface area (Å²) in [5.74, 6) is -0.202. The average Bonchev–Trinajstić information content (AvgIpc) is 2.54. The Morgan fingerprint density at radius 2 is 1.82 bits per heavy atom. The molecule has 1 amide bonds. The quantitative estimate of drug-likeness (QED) is 0.859. The van der Waals surface area contributed by atoms with E-state index in [2.05, 4.69) is 0 Å². The summed E-state index contributed by atoms with van der Waals surface area (Å²) in [6, 6.07) is 7.36. The fourth-order valence-electron chi connectivity index (χ4n) is 2.54. The molecule has 0 spiro atoms. The van der Waals surface area contributed by atoms with Gasteiger partial charge in [0.1, 0.15) is 0 Å². The van der Waals surface area contributed by atoms with Gasteiger partial charge in [0.05, 0.1) is 12.5 Å². The topological polar surface area (TPSA) is 72.6 Å². The number of likely N-dealkylation sites (tertiary alicyclic amines) is 1. The summed E-state index contributed by atoms with van der Waals surface area (Å²) in [6.07, 6.45) is 1.34. The monoisotopic (exact) mass is 326 g/mol. The third-order valence-electron chi connectivity index (χ3n) is 3.84. The van der Waals surface area contributed by atoms with Crippen molar-refractivity contribution in [3.8, 4) is 0 Å². The molecule has 0 aromatic heterocycles. The summed E-state index contributed by atoms with van der Waals surface area (Å²) < 4.78 is 5.03. The number of ether oxygens (including phenoxy) is 1. The highest BCUT2D eigenvalue weighted by atomic mass is 35.5. The molecule has 0 saturated carbocycles. The molecule has 0 unspecified atom stereocenters. The number of halogens is 1. The maximum atomic E-state index is 12.4. The number of nitrogens with zero attached hydrogens (tertiary/aromatic N) is 1. The third kappa shape index (κ3) is 4.45. The van der Waals surface area contributed by atoms with E-state index in [1.54, 1.807) is 4.90 Å². The number of nitrogens with two attached hydrogens (primary N) is 1. The van der Waals surface area contributed by atoms with Gasteiger partial charge in [-0.3, -0.25) is 9.59 Å². The molecule has 5 nitrogen and oxygen atoms in total. The van der Waals surface area contributed by atoms with E-state index in [1.165, 1.54) is 0 Å². The number of hydrogen-bond acceptors (Lipinski definition) is 4. The summed E-state index contributed by atoms with van der Waals surface area (Å²) in [4.78, 5) is 25.9. The van der Waals surface area contributed by atoms with E-state index in [0.29, 0.717) is 44.6 Å². The van der Waals surface area contributed by atoms with Crippen LogP contribution >= 0.6 is 12.4 Å². The smallest absolute Gasteiger partial charge is 0.309 e. The molecule has 1 aliphatic heterocycles. The predicted molar refractivity (Wildman–Crippen MR) is 86.8 cm³/mol. The average molecular weight is 327 g/mol. The van der Waals surface area contributed by atoms with Crippen molar-refractivity contribution >= 4 is 24.3 Å². The van der Waals surface area contributed by atoms with Crippen molar-refractivity contribution in [1.82, 2.24) is 4.90 Å². The van der Waals surface area contributed by atoms with Crippen molar-refractivity contribution < 1.29 is 14.3 Å². The third-order valence-corrected chi connectivity index (χ3v) is 3.84. The fourth-order valence-corrected chi connectivity index (χ4v) is 2.54. The number of rotatable bonds is 4. The van der Waals surface area contributed by atoms with Crippen molar-refractivity contribution in [2.24, 2.45) is 11.7 Å². The molecule has 2 rings (SSSR count). The number of amides is 1. The van der Waals surface area contributed by atoms with Gasteiger partial charge in [0.2, 0.25) is 0 Å². The zero-order chi connectivity index (χ0) is 15.2. The lowest BCUT2D eigenvalue weighted by Gasteiger charge is -2.31. The summed E-state index contributed by atoms with van der Waals surface area (Å²) in [5.41, 5.74) is 7.22. The minimum Gasteiger partial charge on any atom is -0.466 e. The normalized spacial score (nSPS) is 15.1. The molecule has 6 heteroatoms. The molecule has 0 atom stereocenters. The minimum absolute atomic E-state index is 0. The molecule has 1 aromatic carbocycles. The predicted octanol–water partition coefficient (Wildman–Crippen LogP) is 1.98. The lowest BCUT2D eigenvalue weighted by atomic mass is 9.96. The van der Waals surface area contributed by atoms with E-state index >= 15 is 0 Å². The number of benzene rings is 1. The van der Waals surface area contributed by atoms with Gasteiger partial charge in [-0.05, 0) is 37.5 Å². The minimum atomic E-state index is -0.142. The van der Waals surface area contributed by atoms with Crippen molar-refractivity contribution in [3.63, 3.8) is 0 Å². The molecule has 1 aromatic rings. The number of carbonyl (C=O) groups is 2. The van der Waals surface area contributed by atoms with Crippen LogP contribution in [-0.4, -0.2) is 36.5 Å². The lowest BCUT2D eigenvalue weighted by Crippen LogP contribution is -2.40. The number of esters is 1. The first-order chi connectivity index (χ1) is 10.2. The molecule has 2 N–H and O–H groups in total. The Morgan fingerprint density at radius 1 is 1.23 bits per heavy atom.